The molecular formula is C6H10N2O3S. The fourth-order valence-corrected chi connectivity index (χ4v) is 1.54. The zero-order chi connectivity index (χ0) is 9.41. The Kier molecular flexibility index (Phi) is 1.99. The Labute approximate surface area is 70.5 Å². The summed E-state index contributed by atoms with van der Waals surface area (Å²) in [7, 11) is -4.29. The van der Waals surface area contributed by atoms with E-state index in [0.717, 1.165) is 6.08 Å². The first-order chi connectivity index (χ1) is 5.35. The minimum atomic E-state index is -4.29. The molecule has 0 saturated heterocycles. The van der Waals surface area contributed by atoms with E-state index in [-0.39, 0.29) is 12.1 Å². The number of allylic oxidation sites excluding steroid dienone is 1. The highest BCUT2D eigenvalue weighted by atomic mass is 32.2. The molecule has 0 spiro atoms. The highest BCUT2D eigenvalue weighted by molar-refractivity contribution is 7.87. The topological polar surface area (TPSA) is 106 Å². The van der Waals surface area contributed by atoms with Gasteiger partial charge in [-0.25, -0.2) is 0 Å². The fourth-order valence-electron chi connectivity index (χ4n) is 0.948. The van der Waals surface area contributed by atoms with Crippen LogP contribution in [0.5, 0.6) is 0 Å². The van der Waals surface area contributed by atoms with Gasteiger partial charge in [0, 0.05) is 12.1 Å². The van der Waals surface area contributed by atoms with Gasteiger partial charge in [-0.15, -0.1) is 0 Å². The Morgan fingerprint density at radius 1 is 1.58 bits per heavy atom. The Bertz CT molecular complexity index is 344. The Morgan fingerprint density at radius 3 is 2.50 bits per heavy atom. The van der Waals surface area contributed by atoms with Gasteiger partial charge >= 0.3 is 0 Å². The largest absolute Gasteiger partial charge is 0.399 e. The molecule has 6 heteroatoms. The van der Waals surface area contributed by atoms with Crippen molar-refractivity contribution in [2.45, 2.75) is 11.3 Å². The molecule has 5 N–H and O–H groups in total. The van der Waals surface area contributed by atoms with Crippen molar-refractivity contribution in [1.29, 1.82) is 0 Å². The van der Waals surface area contributed by atoms with Crippen LogP contribution in [0, 0.1) is 0 Å². The van der Waals surface area contributed by atoms with Crippen LogP contribution in [0.2, 0.25) is 0 Å². The van der Waals surface area contributed by atoms with Crippen molar-refractivity contribution in [3.05, 3.63) is 23.9 Å². The van der Waals surface area contributed by atoms with Crippen molar-refractivity contribution in [1.82, 2.24) is 0 Å². The summed E-state index contributed by atoms with van der Waals surface area (Å²) in [5.74, 6) is 0. The van der Waals surface area contributed by atoms with Gasteiger partial charge in [-0.1, -0.05) is 6.08 Å². The van der Waals surface area contributed by atoms with Crippen molar-refractivity contribution < 1.29 is 13.0 Å². The van der Waals surface area contributed by atoms with E-state index in [0.29, 0.717) is 0 Å². The standard InChI is InChI=1S/C6H10N2O3S/c7-5-2-1-3-6(8,4-5)12(9,10)11/h1-2,4H,3,7-8H2,(H,9,10,11). The Morgan fingerprint density at radius 2 is 2.17 bits per heavy atom. The summed E-state index contributed by atoms with van der Waals surface area (Å²) in [5.41, 5.74) is 10.9. The molecule has 1 aliphatic carbocycles. The van der Waals surface area contributed by atoms with Crippen molar-refractivity contribution in [2.75, 3.05) is 0 Å². The Hall–Kier alpha value is -0.850. The molecule has 0 aliphatic heterocycles. The third-order valence-corrected chi connectivity index (χ3v) is 2.88. The molecule has 0 fully saturated rings. The fraction of sp³-hybridized carbons (Fsp3) is 0.333. The zero-order valence-corrected chi connectivity index (χ0v) is 7.08. The second-order valence-corrected chi connectivity index (χ2v) is 4.39. The van der Waals surface area contributed by atoms with E-state index >= 15 is 0 Å². The highest BCUT2D eigenvalue weighted by Gasteiger charge is 2.36. The van der Waals surface area contributed by atoms with Crippen molar-refractivity contribution in [3.63, 3.8) is 0 Å². The normalized spacial score (nSPS) is 30.0. The van der Waals surface area contributed by atoms with Crippen molar-refractivity contribution in [2.24, 2.45) is 11.5 Å². The van der Waals surface area contributed by atoms with Gasteiger partial charge in [0.15, 0.2) is 4.87 Å². The molecule has 5 nitrogen and oxygen atoms in total. The van der Waals surface area contributed by atoms with Gasteiger partial charge in [0.25, 0.3) is 10.1 Å². The molecule has 0 radical (unpaired) electrons. The monoisotopic (exact) mass is 190 g/mol. The maximum atomic E-state index is 10.8. The molecule has 1 atom stereocenters. The molecular weight excluding hydrogens is 180 g/mol. The first kappa shape index (κ1) is 9.24. The van der Waals surface area contributed by atoms with Crippen LogP contribution in [0.1, 0.15) is 6.42 Å². The van der Waals surface area contributed by atoms with Crippen LogP contribution >= 0.6 is 0 Å². The maximum absolute atomic E-state index is 10.8. The van der Waals surface area contributed by atoms with Gasteiger partial charge in [0.1, 0.15) is 0 Å². The van der Waals surface area contributed by atoms with Crippen molar-refractivity contribution in [3.8, 4) is 0 Å². The van der Waals surface area contributed by atoms with Crippen molar-refractivity contribution >= 4 is 10.1 Å². The summed E-state index contributed by atoms with van der Waals surface area (Å²) in [6.45, 7) is 0. The minimum Gasteiger partial charge on any atom is -0.399 e. The third kappa shape index (κ3) is 1.50. The van der Waals surface area contributed by atoms with E-state index in [1.54, 1.807) is 0 Å². The van der Waals surface area contributed by atoms with Gasteiger partial charge in [-0.2, -0.15) is 8.42 Å². The van der Waals surface area contributed by atoms with Crippen LogP contribution in [0.25, 0.3) is 0 Å². The first-order valence-electron chi connectivity index (χ1n) is 3.26. The number of rotatable bonds is 1. The molecule has 0 aromatic heterocycles. The van der Waals surface area contributed by atoms with Crippen LogP contribution in [-0.4, -0.2) is 17.8 Å². The smallest absolute Gasteiger partial charge is 0.287 e. The van der Waals surface area contributed by atoms with Gasteiger partial charge < -0.3 is 11.5 Å². The quantitative estimate of drug-likeness (QED) is 0.475. The second kappa shape index (κ2) is 2.58. The van der Waals surface area contributed by atoms with Crippen LogP contribution in [0.15, 0.2) is 23.9 Å². The van der Waals surface area contributed by atoms with Crippen LogP contribution in [-0.2, 0) is 10.1 Å². The van der Waals surface area contributed by atoms with E-state index < -0.39 is 15.0 Å². The van der Waals surface area contributed by atoms with E-state index in [9.17, 15) is 8.42 Å². The average Bonchev–Trinajstić information content (AvgIpc) is 1.83. The minimum absolute atomic E-state index is 0.0343. The third-order valence-electron chi connectivity index (χ3n) is 1.64. The van der Waals surface area contributed by atoms with E-state index in [4.69, 9.17) is 16.0 Å². The van der Waals surface area contributed by atoms with Crippen LogP contribution in [0.4, 0.5) is 0 Å². The van der Waals surface area contributed by atoms with Gasteiger partial charge in [-0.3, -0.25) is 4.55 Å². The van der Waals surface area contributed by atoms with Gasteiger partial charge in [-0.05, 0) is 12.2 Å². The van der Waals surface area contributed by atoms with Crippen LogP contribution in [0.3, 0.4) is 0 Å². The molecule has 1 rings (SSSR count). The zero-order valence-electron chi connectivity index (χ0n) is 6.27. The van der Waals surface area contributed by atoms with E-state index in [1.807, 2.05) is 0 Å². The summed E-state index contributed by atoms with van der Waals surface area (Å²) in [6.07, 6.45) is 4.20. The number of nitrogens with two attached hydrogens (primary N) is 2. The predicted octanol–water partition coefficient (Wildman–Crippen LogP) is -0.668. The summed E-state index contributed by atoms with van der Waals surface area (Å²) in [5, 5.41) is 0. The lowest BCUT2D eigenvalue weighted by molar-refractivity contribution is 0.447. The molecule has 68 valence electrons. The lowest BCUT2D eigenvalue weighted by atomic mass is 10.1. The molecule has 0 bridgehead atoms. The molecule has 0 amide bonds. The van der Waals surface area contributed by atoms with Gasteiger partial charge in [0.05, 0.1) is 0 Å². The lowest BCUT2D eigenvalue weighted by Crippen LogP contribution is -2.46. The molecule has 0 aromatic carbocycles. The molecule has 0 heterocycles. The molecule has 12 heavy (non-hydrogen) atoms. The van der Waals surface area contributed by atoms with E-state index in [1.165, 1.54) is 12.2 Å². The van der Waals surface area contributed by atoms with Crippen LogP contribution < -0.4 is 11.5 Å². The first-order valence-corrected chi connectivity index (χ1v) is 4.70. The predicted molar refractivity (Wildman–Crippen MR) is 44.5 cm³/mol. The van der Waals surface area contributed by atoms with E-state index in [2.05, 4.69) is 0 Å². The number of hydrogen-bond donors (Lipinski definition) is 3. The maximum Gasteiger partial charge on any atom is 0.287 e. The summed E-state index contributed by atoms with van der Waals surface area (Å²) < 4.78 is 30.2. The summed E-state index contributed by atoms with van der Waals surface area (Å²) in [4.78, 5) is -1.76. The lowest BCUT2D eigenvalue weighted by Gasteiger charge is -2.23. The molecule has 1 aliphatic rings. The number of hydrogen-bond acceptors (Lipinski definition) is 4. The second-order valence-electron chi connectivity index (χ2n) is 2.68. The Balaban J connectivity index is 3.13. The average molecular weight is 190 g/mol. The summed E-state index contributed by atoms with van der Waals surface area (Å²) >= 11 is 0. The SMILES string of the molecule is NC1=CC(N)(S(=O)(=O)O)CC=C1. The highest BCUT2D eigenvalue weighted by Crippen LogP contribution is 2.21. The molecule has 1 unspecified atom stereocenters. The summed E-state index contributed by atoms with van der Waals surface area (Å²) in [6, 6.07) is 0. The van der Waals surface area contributed by atoms with Gasteiger partial charge in [0.2, 0.25) is 0 Å². The molecule has 0 saturated carbocycles. The molecule has 0 aromatic rings.